The third-order valence-electron chi connectivity index (χ3n) is 3.35. The van der Waals surface area contributed by atoms with Gasteiger partial charge in [-0.05, 0) is 30.3 Å². The minimum Gasteiger partial charge on any atom is -0.496 e. The average Bonchev–Trinajstić information content (AvgIpc) is 3.08. The van der Waals surface area contributed by atoms with E-state index in [4.69, 9.17) is 9.47 Å². The number of nitrogens with one attached hydrogen (secondary N) is 1. The first-order chi connectivity index (χ1) is 12.2. The third kappa shape index (κ3) is 4.40. The van der Waals surface area contributed by atoms with Crippen molar-refractivity contribution in [3.8, 4) is 11.5 Å². The minimum atomic E-state index is -0.285. The summed E-state index contributed by atoms with van der Waals surface area (Å²) in [4.78, 5) is 0. The SMILES string of the molecule is COc1ccc(F)cc1CSc1nnc(Nc2ccccc2OC)s1. The fraction of sp³-hybridized carbons (Fsp3) is 0.176. The lowest BCUT2D eigenvalue weighted by Crippen LogP contribution is -1.93. The lowest BCUT2D eigenvalue weighted by molar-refractivity contribution is 0.410. The smallest absolute Gasteiger partial charge is 0.210 e. The topological polar surface area (TPSA) is 56.3 Å². The number of methoxy groups -OCH3 is 2. The lowest BCUT2D eigenvalue weighted by Gasteiger charge is -2.07. The molecule has 1 N–H and O–H groups in total. The Kier molecular flexibility index (Phi) is 5.72. The zero-order valence-electron chi connectivity index (χ0n) is 13.7. The van der Waals surface area contributed by atoms with Crippen molar-refractivity contribution < 1.29 is 13.9 Å². The molecule has 0 bridgehead atoms. The molecule has 0 aliphatic heterocycles. The molecule has 0 saturated carbocycles. The van der Waals surface area contributed by atoms with Gasteiger partial charge in [0.05, 0.1) is 19.9 Å². The first-order valence-corrected chi connectivity index (χ1v) is 9.18. The monoisotopic (exact) mass is 377 g/mol. The standard InChI is InChI=1S/C17H16FN3O2S2/c1-22-14-8-7-12(18)9-11(14)10-24-17-21-20-16(25-17)19-13-5-3-4-6-15(13)23-2/h3-9H,10H2,1-2H3,(H,19,20). The van der Waals surface area contributed by atoms with Gasteiger partial charge in [-0.2, -0.15) is 0 Å². The molecule has 0 fully saturated rings. The second-order valence-corrected chi connectivity index (χ2v) is 7.14. The molecule has 1 aromatic heterocycles. The molecule has 0 amide bonds. The number of hydrogen-bond acceptors (Lipinski definition) is 7. The molecule has 5 nitrogen and oxygen atoms in total. The van der Waals surface area contributed by atoms with E-state index in [9.17, 15) is 4.39 Å². The Morgan fingerprint density at radius 1 is 1.08 bits per heavy atom. The molecule has 0 spiro atoms. The van der Waals surface area contributed by atoms with Gasteiger partial charge in [0.2, 0.25) is 5.13 Å². The van der Waals surface area contributed by atoms with Gasteiger partial charge in [-0.3, -0.25) is 0 Å². The first kappa shape index (κ1) is 17.5. The van der Waals surface area contributed by atoms with Gasteiger partial charge < -0.3 is 14.8 Å². The molecule has 8 heteroatoms. The Hall–Kier alpha value is -2.32. The summed E-state index contributed by atoms with van der Waals surface area (Å²) >= 11 is 2.90. The molecule has 0 atom stereocenters. The number of aromatic nitrogens is 2. The summed E-state index contributed by atoms with van der Waals surface area (Å²) in [5, 5.41) is 12.2. The molecule has 0 unspecified atom stereocenters. The zero-order valence-corrected chi connectivity index (χ0v) is 15.3. The van der Waals surface area contributed by atoms with Crippen LogP contribution in [0, 0.1) is 5.82 Å². The van der Waals surface area contributed by atoms with Gasteiger partial charge in [0, 0.05) is 11.3 Å². The van der Waals surface area contributed by atoms with Gasteiger partial charge in [0.1, 0.15) is 17.3 Å². The summed E-state index contributed by atoms with van der Waals surface area (Å²) in [6, 6.07) is 12.1. The van der Waals surface area contributed by atoms with Crippen LogP contribution in [0.25, 0.3) is 0 Å². The first-order valence-electron chi connectivity index (χ1n) is 7.38. The predicted octanol–water partition coefficient (Wildman–Crippen LogP) is 4.73. The van der Waals surface area contributed by atoms with E-state index in [0.29, 0.717) is 16.6 Å². The summed E-state index contributed by atoms with van der Waals surface area (Å²) in [7, 11) is 3.19. The number of para-hydroxylation sites is 2. The number of benzene rings is 2. The minimum absolute atomic E-state index is 0.285. The van der Waals surface area contributed by atoms with E-state index >= 15 is 0 Å². The van der Waals surface area contributed by atoms with Crippen molar-refractivity contribution in [1.29, 1.82) is 0 Å². The van der Waals surface area contributed by atoms with Crippen molar-refractivity contribution in [3.63, 3.8) is 0 Å². The van der Waals surface area contributed by atoms with Crippen LogP contribution in [0.15, 0.2) is 46.8 Å². The fourth-order valence-corrected chi connectivity index (χ4v) is 3.92. The largest absolute Gasteiger partial charge is 0.496 e. The van der Waals surface area contributed by atoms with E-state index in [1.807, 2.05) is 24.3 Å². The summed E-state index contributed by atoms with van der Waals surface area (Å²) in [6.07, 6.45) is 0. The fourth-order valence-electron chi connectivity index (χ4n) is 2.18. The van der Waals surface area contributed by atoms with Crippen molar-refractivity contribution in [2.75, 3.05) is 19.5 Å². The van der Waals surface area contributed by atoms with Crippen LogP contribution < -0.4 is 14.8 Å². The van der Waals surface area contributed by atoms with Gasteiger partial charge in [0.15, 0.2) is 4.34 Å². The summed E-state index contributed by atoms with van der Waals surface area (Å²) < 4.78 is 24.8. The van der Waals surface area contributed by atoms with Crippen LogP contribution in [0.1, 0.15) is 5.56 Å². The highest BCUT2D eigenvalue weighted by molar-refractivity contribution is 8.00. The third-order valence-corrected chi connectivity index (χ3v) is 5.37. The normalized spacial score (nSPS) is 10.5. The van der Waals surface area contributed by atoms with Gasteiger partial charge in [0.25, 0.3) is 0 Å². The van der Waals surface area contributed by atoms with Crippen molar-refractivity contribution in [3.05, 3.63) is 53.8 Å². The zero-order chi connectivity index (χ0) is 17.6. The highest BCUT2D eigenvalue weighted by Gasteiger charge is 2.10. The van der Waals surface area contributed by atoms with Crippen molar-refractivity contribution in [2.45, 2.75) is 10.1 Å². The highest BCUT2D eigenvalue weighted by atomic mass is 32.2. The molecule has 130 valence electrons. The van der Waals surface area contributed by atoms with E-state index < -0.39 is 0 Å². The van der Waals surface area contributed by atoms with E-state index in [-0.39, 0.29) is 5.82 Å². The van der Waals surface area contributed by atoms with E-state index in [0.717, 1.165) is 21.3 Å². The van der Waals surface area contributed by atoms with Gasteiger partial charge >= 0.3 is 0 Å². The second kappa shape index (κ2) is 8.17. The summed E-state index contributed by atoms with van der Waals surface area (Å²) in [6.45, 7) is 0. The molecule has 0 aliphatic carbocycles. The number of rotatable bonds is 7. The Labute approximate surface area is 153 Å². The maximum absolute atomic E-state index is 13.4. The average molecular weight is 377 g/mol. The maximum Gasteiger partial charge on any atom is 0.210 e. The Morgan fingerprint density at radius 2 is 1.88 bits per heavy atom. The lowest BCUT2D eigenvalue weighted by atomic mass is 10.2. The molecule has 3 aromatic rings. The van der Waals surface area contributed by atoms with E-state index in [1.165, 1.54) is 35.2 Å². The highest BCUT2D eigenvalue weighted by Crippen LogP contribution is 2.34. The van der Waals surface area contributed by atoms with Crippen LogP contribution in [0.4, 0.5) is 15.2 Å². The summed E-state index contributed by atoms with van der Waals surface area (Å²) in [5.41, 5.74) is 1.60. The predicted molar refractivity (Wildman–Crippen MR) is 98.7 cm³/mol. The molecule has 0 saturated heterocycles. The molecule has 0 aliphatic rings. The number of anilines is 2. The van der Waals surface area contributed by atoms with E-state index in [2.05, 4.69) is 15.5 Å². The number of ether oxygens (including phenoxy) is 2. The Morgan fingerprint density at radius 3 is 2.68 bits per heavy atom. The Bertz CT molecular complexity index is 857. The van der Waals surface area contributed by atoms with Crippen LogP contribution in [0.2, 0.25) is 0 Å². The van der Waals surface area contributed by atoms with E-state index in [1.54, 1.807) is 20.3 Å². The van der Waals surface area contributed by atoms with Gasteiger partial charge in [-0.1, -0.05) is 35.2 Å². The molecule has 1 heterocycles. The van der Waals surface area contributed by atoms with Gasteiger partial charge in [-0.25, -0.2) is 4.39 Å². The molecular formula is C17H16FN3O2S2. The van der Waals surface area contributed by atoms with Crippen molar-refractivity contribution in [1.82, 2.24) is 10.2 Å². The molecule has 25 heavy (non-hydrogen) atoms. The van der Waals surface area contributed by atoms with Crippen LogP contribution in [0.5, 0.6) is 11.5 Å². The number of halogens is 1. The van der Waals surface area contributed by atoms with Crippen molar-refractivity contribution in [2.24, 2.45) is 0 Å². The van der Waals surface area contributed by atoms with Crippen LogP contribution >= 0.6 is 23.1 Å². The molecular weight excluding hydrogens is 361 g/mol. The van der Waals surface area contributed by atoms with Crippen LogP contribution in [0.3, 0.4) is 0 Å². The van der Waals surface area contributed by atoms with Crippen molar-refractivity contribution >= 4 is 33.9 Å². The number of thioether (sulfide) groups is 1. The maximum atomic E-state index is 13.4. The number of nitrogens with zero attached hydrogens (tertiary/aromatic N) is 2. The van der Waals surface area contributed by atoms with Crippen LogP contribution in [-0.2, 0) is 5.75 Å². The Balaban J connectivity index is 1.67. The van der Waals surface area contributed by atoms with Gasteiger partial charge in [-0.15, -0.1) is 10.2 Å². The van der Waals surface area contributed by atoms with Crippen LogP contribution in [-0.4, -0.2) is 24.4 Å². The molecule has 3 rings (SSSR count). The molecule has 2 aromatic carbocycles. The second-order valence-electron chi connectivity index (χ2n) is 4.94. The number of hydrogen-bond donors (Lipinski definition) is 1. The molecule has 0 radical (unpaired) electrons. The summed E-state index contributed by atoms with van der Waals surface area (Å²) in [5.74, 6) is 1.65. The quantitative estimate of drug-likeness (QED) is 0.601.